The molecule has 63 heavy (non-hydrogen) atoms. The minimum atomic E-state index is -0.190. The van der Waals surface area contributed by atoms with Gasteiger partial charge in [0.2, 0.25) is 5.95 Å². The Balaban J connectivity index is 0.000000177. The molecule has 6 aromatic heterocycles. The molecular weight excluding hydrogens is 795 g/mol. The highest BCUT2D eigenvalue weighted by Crippen LogP contribution is 2.34. The minimum absolute atomic E-state index is 0.143. The van der Waals surface area contributed by atoms with Crippen LogP contribution in [0.3, 0.4) is 0 Å². The van der Waals surface area contributed by atoms with Crippen molar-refractivity contribution >= 4 is 50.5 Å². The largest absolute Gasteiger partial charge is 0.497 e. The lowest BCUT2D eigenvalue weighted by Crippen LogP contribution is -2.33. The molecule has 1 aliphatic heterocycles. The van der Waals surface area contributed by atoms with Gasteiger partial charge < -0.3 is 35.6 Å². The van der Waals surface area contributed by atoms with E-state index < -0.39 is 0 Å². The summed E-state index contributed by atoms with van der Waals surface area (Å²) in [5, 5.41) is 18.0. The number of nitrogens with one attached hydrogen (secondary N) is 3. The van der Waals surface area contributed by atoms with Crippen LogP contribution in [0.4, 0.5) is 29.0 Å². The number of anilines is 5. The molecule has 1 saturated heterocycles. The quantitative estimate of drug-likeness (QED) is 0.107. The van der Waals surface area contributed by atoms with E-state index in [1.165, 1.54) is 22.0 Å². The Morgan fingerprint density at radius 1 is 0.857 bits per heavy atom. The Hall–Kier alpha value is -8.03. The summed E-state index contributed by atoms with van der Waals surface area (Å²) in [6, 6.07) is 23.5. The Morgan fingerprint density at radius 2 is 1.52 bits per heavy atom. The number of H-pyrrole nitrogens is 1. The van der Waals surface area contributed by atoms with E-state index in [1.807, 2.05) is 48.5 Å². The molecule has 1 aliphatic rings. The number of nitriles is 1. The predicted molar refractivity (Wildman–Crippen MR) is 245 cm³/mol. The molecule has 9 rings (SSSR count). The van der Waals surface area contributed by atoms with Gasteiger partial charge in [-0.25, -0.2) is 29.9 Å². The van der Waals surface area contributed by atoms with Gasteiger partial charge in [0, 0.05) is 85.8 Å². The highest BCUT2D eigenvalue weighted by Gasteiger charge is 2.22. The van der Waals surface area contributed by atoms with Gasteiger partial charge in [0.15, 0.2) is 0 Å². The Labute approximate surface area is 362 Å². The number of piperidine rings is 1. The topological polar surface area (TPSA) is 219 Å². The molecule has 5 N–H and O–H groups in total. The zero-order valence-electron chi connectivity index (χ0n) is 35.0. The van der Waals surface area contributed by atoms with Gasteiger partial charge in [0.1, 0.15) is 23.7 Å². The second-order valence-electron chi connectivity index (χ2n) is 15.2. The maximum absolute atomic E-state index is 12.8. The van der Waals surface area contributed by atoms with Crippen LogP contribution in [0, 0.1) is 18.3 Å². The van der Waals surface area contributed by atoms with Gasteiger partial charge in [0.05, 0.1) is 35.3 Å². The molecule has 0 amide bonds. The van der Waals surface area contributed by atoms with Crippen molar-refractivity contribution in [3.05, 3.63) is 142 Å². The van der Waals surface area contributed by atoms with Crippen molar-refractivity contribution in [2.75, 3.05) is 43.1 Å². The van der Waals surface area contributed by atoms with Crippen LogP contribution >= 0.6 is 0 Å². The van der Waals surface area contributed by atoms with Crippen molar-refractivity contribution in [2.45, 2.75) is 32.1 Å². The Bertz CT molecular complexity index is 3070. The number of rotatable bonds is 10. The average Bonchev–Trinajstić information content (AvgIpc) is 3.30. The third kappa shape index (κ3) is 9.48. The lowest BCUT2D eigenvalue weighted by atomic mass is 9.86. The number of pyridine rings is 4. The molecule has 316 valence electrons. The molecular formula is C47H45N13O3. The number of aromatic amines is 1. The third-order valence-electron chi connectivity index (χ3n) is 11.1. The van der Waals surface area contributed by atoms with Crippen LogP contribution in [0.2, 0.25) is 0 Å². The molecule has 0 unspecified atom stereocenters. The lowest BCUT2D eigenvalue weighted by molar-refractivity contribution is 0.216. The molecule has 0 radical (unpaired) electrons. The first-order valence-corrected chi connectivity index (χ1v) is 20.4. The smallest absolute Gasteiger partial charge is 0.261 e. The number of benzene rings is 2. The van der Waals surface area contributed by atoms with Crippen LogP contribution < -0.4 is 32.2 Å². The van der Waals surface area contributed by atoms with Crippen LogP contribution in [-0.2, 0) is 7.05 Å². The average molecular weight is 840 g/mol. The second kappa shape index (κ2) is 18.7. The molecule has 2 aromatic carbocycles. The van der Waals surface area contributed by atoms with Gasteiger partial charge in [-0.15, -0.1) is 0 Å². The van der Waals surface area contributed by atoms with Gasteiger partial charge >= 0.3 is 0 Å². The Kier molecular flexibility index (Phi) is 12.4. The number of nitrogens with zero attached hydrogens (tertiary/aromatic N) is 9. The highest BCUT2D eigenvalue weighted by atomic mass is 16.5. The van der Waals surface area contributed by atoms with Gasteiger partial charge in [-0.1, -0.05) is 12.1 Å². The summed E-state index contributed by atoms with van der Waals surface area (Å²) in [6.07, 6.45) is 14.3. The molecule has 0 spiro atoms. The molecule has 8 aromatic rings. The number of hydrogen-bond donors (Lipinski definition) is 4. The molecule has 16 heteroatoms. The van der Waals surface area contributed by atoms with Gasteiger partial charge in [-0.2, -0.15) is 5.26 Å². The van der Waals surface area contributed by atoms with Crippen LogP contribution in [0.15, 0.2) is 120 Å². The van der Waals surface area contributed by atoms with Crippen molar-refractivity contribution in [1.29, 1.82) is 5.26 Å². The van der Waals surface area contributed by atoms with Crippen LogP contribution in [0.25, 0.3) is 44.1 Å². The fourth-order valence-corrected chi connectivity index (χ4v) is 7.81. The predicted octanol–water partition coefficient (Wildman–Crippen LogP) is 7.25. The summed E-state index contributed by atoms with van der Waals surface area (Å²) in [4.78, 5) is 56.3. The summed E-state index contributed by atoms with van der Waals surface area (Å²) >= 11 is 0. The van der Waals surface area contributed by atoms with Crippen LogP contribution in [0.1, 0.15) is 36.3 Å². The minimum Gasteiger partial charge on any atom is -0.497 e. The molecule has 0 saturated carbocycles. The Morgan fingerprint density at radius 3 is 2.21 bits per heavy atom. The molecule has 1 fully saturated rings. The SMILES string of the molecule is COc1cccc(Nc2nc(-c3cnc(N)nc3)cc3ccn(C)c(=O)c23)c1.Cc1cc(Nc2nc(-c3cncnc3)cc3cc[nH]c(=O)c23)ccc1C1CCN(CCC#N)CC1. The van der Waals surface area contributed by atoms with Crippen molar-refractivity contribution in [2.24, 2.45) is 7.05 Å². The summed E-state index contributed by atoms with van der Waals surface area (Å²) in [5.41, 5.74) is 12.3. The van der Waals surface area contributed by atoms with E-state index in [2.05, 4.69) is 76.6 Å². The van der Waals surface area contributed by atoms with E-state index >= 15 is 0 Å². The van der Waals surface area contributed by atoms with Crippen molar-refractivity contribution < 1.29 is 4.74 Å². The van der Waals surface area contributed by atoms with E-state index in [4.69, 9.17) is 20.7 Å². The van der Waals surface area contributed by atoms with Crippen molar-refractivity contribution in [3.63, 3.8) is 0 Å². The van der Waals surface area contributed by atoms with Crippen molar-refractivity contribution in [3.8, 4) is 34.3 Å². The molecule has 0 bridgehead atoms. The lowest BCUT2D eigenvalue weighted by Gasteiger charge is -2.32. The first-order chi connectivity index (χ1) is 30.7. The van der Waals surface area contributed by atoms with Crippen molar-refractivity contribution in [1.82, 2.24) is 44.4 Å². The normalized spacial score (nSPS) is 12.9. The number of aryl methyl sites for hydroxylation is 2. The summed E-state index contributed by atoms with van der Waals surface area (Å²) < 4.78 is 6.79. The van der Waals surface area contributed by atoms with E-state index in [0.29, 0.717) is 57.4 Å². The summed E-state index contributed by atoms with van der Waals surface area (Å²) in [7, 11) is 3.31. The zero-order chi connectivity index (χ0) is 43.9. The second-order valence-corrected chi connectivity index (χ2v) is 15.2. The molecule has 7 heterocycles. The number of fused-ring (bicyclic) bond motifs is 2. The van der Waals surface area contributed by atoms with Crippen LogP contribution in [0.5, 0.6) is 5.75 Å². The van der Waals surface area contributed by atoms with E-state index in [0.717, 1.165) is 60.2 Å². The van der Waals surface area contributed by atoms with E-state index in [1.54, 1.807) is 51.3 Å². The zero-order valence-corrected chi connectivity index (χ0v) is 35.0. The van der Waals surface area contributed by atoms with E-state index in [-0.39, 0.29) is 17.1 Å². The van der Waals surface area contributed by atoms with Crippen LogP contribution in [-0.4, -0.2) is 71.1 Å². The number of methoxy groups -OCH3 is 1. The summed E-state index contributed by atoms with van der Waals surface area (Å²) in [6.45, 7) is 5.05. The van der Waals surface area contributed by atoms with Gasteiger partial charge in [-0.05, 0) is 109 Å². The standard InChI is InChI=1S/C27H27N7O.C20H18N6O2/c1-18-13-22(3-4-23(18)19-6-11-34(12-7-19)10-2-8-28)32-26-25-20(5-9-31-27(25)35)14-24(33-26)21-15-29-17-30-16-21;1-26-7-6-12-8-16(13-10-22-20(21)23-11-13)25-18(17(12)19(26)27)24-14-4-3-5-15(9-14)28-2/h3-5,9,13-17,19H,2,6-7,10-12H2,1H3,(H,31,35)(H,32,33);3-11H,1-2H3,(H,24,25)(H2,21,22,23). The van der Waals surface area contributed by atoms with E-state index in [9.17, 15) is 9.59 Å². The monoisotopic (exact) mass is 839 g/mol. The fraction of sp³-hybridized carbons (Fsp3) is 0.213. The maximum Gasteiger partial charge on any atom is 0.261 e. The molecule has 0 aliphatic carbocycles. The number of nitrogen functional groups attached to an aromatic ring is 1. The number of likely N-dealkylation sites (tertiary alicyclic amines) is 1. The fourth-order valence-electron chi connectivity index (χ4n) is 7.81. The van der Waals surface area contributed by atoms with Gasteiger partial charge in [-0.3, -0.25) is 9.59 Å². The first-order valence-electron chi connectivity index (χ1n) is 20.4. The summed E-state index contributed by atoms with van der Waals surface area (Å²) in [5.74, 6) is 2.35. The number of ether oxygens (including phenoxy) is 1. The number of aromatic nitrogens is 8. The number of hydrogen-bond acceptors (Lipinski definition) is 14. The van der Waals surface area contributed by atoms with Gasteiger partial charge in [0.25, 0.3) is 11.1 Å². The molecule has 16 nitrogen and oxygen atoms in total. The third-order valence-corrected chi connectivity index (χ3v) is 11.1. The highest BCUT2D eigenvalue weighted by molar-refractivity contribution is 5.96. The number of nitrogens with two attached hydrogens (primary N) is 1. The first kappa shape index (κ1) is 41.7. The molecule has 0 atom stereocenters. The maximum atomic E-state index is 12.8.